The lowest BCUT2D eigenvalue weighted by atomic mass is 9.90. The molecule has 2 saturated heterocycles. The first-order valence-corrected chi connectivity index (χ1v) is 8.77. The van der Waals surface area contributed by atoms with E-state index in [0.717, 1.165) is 25.4 Å². The van der Waals surface area contributed by atoms with E-state index in [2.05, 4.69) is 6.07 Å². The van der Waals surface area contributed by atoms with Crippen molar-refractivity contribution in [2.75, 3.05) is 19.8 Å². The predicted octanol–water partition coefficient (Wildman–Crippen LogP) is 2.36. The zero-order valence-corrected chi connectivity index (χ0v) is 13.7. The molecule has 3 fully saturated rings. The van der Waals surface area contributed by atoms with Gasteiger partial charge in [-0.05, 0) is 49.8 Å². The number of hydrogen-bond acceptors (Lipinski definition) is 4. The molecule has 3 aliphatic rings. The third-order valence-corrected chi connectivity index (χ3v) is 5.21. The van der Waals surface area contributed by atoms with Crippen molar-refractivity contribution in [1.29, 1.82) is 5.26 Å². The van der Waals surface area contributed by atoms with Gasteiger partial charge in [-0.15, -0.1) is 0 Å². The maximum atomic E-state index is 13.0. The maximum absolute atomic E-state index is 13.0. The van der Waals surface area contributed by atoms with Crippen LogP contribution >= 0.6 is 0 Å². The summed E-state index contributed by atoms with van der Waals surface area (Å²) in [4.78, 5) is 15.0. The third-order valence-electron chi connectivity index (χ3n) is 5.21. The molecular weight excluding hydrogens is 304 g/mol. The average molecular weight is 326 g/mol. The Labute approximate surface area is 142 Å². The second-order valence-corrected chi connectivity index (χ2v) is 7.12. The summed E-state index contributed by atoms with van der Waals surface area (Å²) in [6.45, 7) is 2.01. The Balaban J connectivity index is 1.48. The lowest BCUT2D eigenvalue weighted by Crippen LogP contribution is -2.60. The highest BCUT2D eigenvalue weighted by atomic mass is 16.5. The molecule has 5 nitrogen and oxygen atoms in total. The zero-order chi connectivity index (χ0) is 16.5. The maximum Gasteiger partial charge on any atom is 0.254 e. The van der Waals surface area contributed by atoms with Gasteiger partial charge in [0.05, 0.1) is 43.0 Å². The molecule has 2 heterocycles. The molecule has 0 spiro atoms. The van der Waals surface area contributed by atoms with Gasteiger partial charge in [0.1, 0.15) is 0 Å². The third kappa shape index (κ3) is 3.17. The van der Waals surface area contributed by atoms with Gasteiger partial charge in [0.2, 0.25) is 0 Å². The smallest absolute Gasteiger partial charge is 0.254 e. The van der Waals surface area contributed by atoms with Crippen LogP contribution in [0.3, 0.4) is 0 Å². The Morgan fingerprint density at radius 3 is 2.71 bits per heavy atom. The fourth-order valence-electron chi connectivity index (χ4n) is 3.76. The minimum atomic E-state index is 0.00560. The van der Waals surface area contributed by atoms with E-state index in [1.54, 1.807) is 24.3 Å². The largest absolute Gasteiger partial charge is 0.378 e. The number of ether oxygens (including phenoxy) is 2. The fraction of sp³-hybridized carbons (Fsp3) is 0.579. The van der Waals surface area contributed by atoms with Crippen LogP contribution in [0.15, 0.2) is 24.3 Å². The number of benzene rings is 1. The first-order valence-electron chi connectivity index (χ1n) is 8.77. The van der Waals surface area contributed by atoms with Gasteiger partial charge in [0, 0.05) is 12.2 Å². The molecule has 4 rings (SSSR count). The highest BCUT2D eigenvalue weighted by molar-refractivity contribution is 5.95. The molecule has 5 heteroatoms. The van der Waals surface area contributed by atoms with Crippen molar-refractivity contribution in [3.8, 4) is 6.07 Å². The lowest BCUT2D eigenvalue weighted by molar-refractivity contribution is -0.104. The summed E-state index contributed by atoms with van der Waals surface area (Å²) in [5, 5.41) is 9.05. The zero-order valence-electron chi connectivity index (χ0n) is 13.7. The van der Waals surface area contributed by atoms with Crippen LogP contribution in [-0.2, 0) is 9.47 Å². The summed E-state index contributed by atoms with van der Waals surface area (Å²) in [5.74, 6) is 0.764. The van der Waals surface area contributed by atoms with Crippen LogP contribution in [0.1, 0.15) is 41.6 Å². The highest BCUT2D eigenvalue weighted by Gasteiger charge is 2.42. The summed E-state index contributed by atoms with van der Waals surface area (Å²) < 4.78 is 11.8. The van der Waals surface area contributed by atoms with Crippen LogP contribution in [0, 0.1) is 17.2 Å². The van der Waals surface area contributed by atoms with E-state index in [4.69, 9.17) is 14.7 Å². The molecule has 0 N–H and O–H groups in total. The van der Waals surface area contributed by atoms with E-state index in [1.165, 1.54) is 12.8 Å². The molecule has 126 valence electrons. The number of rotatable bonds is 4. The number of carbonyl (C=O) groups is 1. The number of carbonyl (C=O) groups excluding carboxylic acids is 1. The fourth-order valence-corrected chi connectivity index (χ4v) is 3.76. The number of amides is 1. The molecule has 1 amide bonds. The van der Waals surface area contributed by atoms with E-state index in [1.807, 2.05) is 4.90 Å². The predicted molar refractivity (Wildman–Crippen MR) is 87.4 cm³/mol. The van der Waals surface area contributed by atoms with Crippen molar-refractivity contribution < 1.29 is 14.3 Å². The standard InChI is InChI=1S/C19H22N2O3/c20-9-14-2-1-3-15(6-14)19(22)21-16-7-18(24-10-13-4-5-13)8-17(21)12-23-11-16/h1-3,6,13,16-18H,4-5,7-8,10-12H2. The van der Waals surface area contributed by atoms with E-state index in [0.29, 0.717) is 24.3 Å². The lowest BCUT2D eigenvalue weighted by Gasteiger charge is -2.48. The molecule has 2 atom stereocenters. The number of piperidine rings is 1. The number of hydrogen-bond donors (Lipinski definition) is 0. The first-order chi connectivity index (χ1) is 11.7. The van der Waals surface area contributed by atoms with Gasteiger partial charge >= 0.3 is 0 Å². The van der Waals surface area contributed by atoms with Gasteiger partial charge in [-0.25, -0.2) is 0 Å². The summed E-state index contributed by atoms with van der Waals surface area (Å²) in [5.41, 5.74) is 1.10. The first kappa shape index (κ1) is 15.6. The molecule has 1 aromatic rings. The molecule has 2 bridgehead atoms. The Bertz CT molecular complexity index is 651. The van der Waals surface area contributed by atoms with Crippen LogP contribution in [0.4, 0.5) is 0 Å². The number of nitrogens with zero attached hydrogens (tertiary/aromatic N) is 2. The van der Waals surface area contributed by atoms with Crippen LogP contribution in [0.5, 0.6) is 0 Å². The summed E-state index contributed by atoms with van der Waals surface area (Å²) in [6.07, 6.45) is 4.50. The second-order valence-electron chi connectivity index (χ2n) is 7.12. The monoisotopic (exact) mass is 326 g/mol. The minimum Gasteiger partial charge on any atom is -0.378 e. The van der Waals surface area contributed by atoms with Gasteiger partial charge in [0.15, 0.2) is 0 Å². The van der Waals surface area contributed by atoms with Gasteiger partial charge in [-0.2, -0.15) is 5.26 Å². The van der Waals surface area contributed by atoms with E-state index < -0.39 is 0 Å². The van der Waals surface area contributed by atoms with Crippen molar-refractivity contribution in [3.05, 3.63) is 35.4 Å². The molecule has 1 saturated carbocycles. The SMILES string of the molecule is N#Cc1cccc(C(=O)N2C3COCC2CC(OCC2CC2)C3)c1. The number of nitriles is 1. The topological polar surface area (TPSA) is 62.6 Å². The van der Waals surface area contributed by atoms with Crippen LogP contribution in [-0.4, -0.2) is 48.8 Å². The number of fused-ring (bicyclic) bond motifs is 2. The summed E-state index contributed by atoms with van der Waals surface area (Å²) >= 11 is 0. The van der Waals surface area contributed by atoms with Crippen molar-refractivity contribution in [2.45, 2.75) is 43.9 Å². The van der Waals surface area contributed by atoms with Gasteiger partial charge in [-0.3, -0.25) is 4.79 Å². The Morgan fingerprint density at radius 2 is 2.04 bits per heavy atom. The quantitative estimate of drug-likeness (QED) is 0.852. The van der Waals surface area contributed by atoms with Crippen LogP contribution in [0.25, 0.3) is 0 Å². The highest BCUT2D eigenvalue weighted by Crippen LogP contribution is 2.34. The molecule has 2 unspecified atom stereocenters. The van der Waals surface area contributed by atoms with Crippen molar-refractivity contribution >= 4 is 5.91 Å². The van der Waals surface area contributed by atoms with Crippen LogP contribution < -0.4 is 0 Å². The van der Waals surface area contributed by atoms with Crippen molar-refractivity contribution in [1.82, 2.24) is 4.90 Å². The van der Waals surface area contributed by atoms with Crippen molar-refractivity contribution in [2.24, 2.45) is 5.92 Å². The summed E-state index contributed by atoms with van der Waals surface area (Å²) in [6, 6.07) is 9.19. The number of morpholine rings is 1. The minimum absolute atomic E-state index is 0.00560. The Morgan fingerprint density at radius 1 is 1.29 bits per heavy atom. The molecule has 1 aliphatic carbocycles. The van der Waals surface area contributed by atoms with E-state index >= 15 is 0 Å². The molecule has 24 heavy (non-hydrogen) atoms. The molecular formula is C19H22N2O3. The molecule has 0 aromatic heterocycles. The molecule has 1 aromatic carbocycles. The average Bonchev–Trinajstić information content (AvgIpc) is 3.43. The van der Waals surface area contributed by atoms with Gasteiger partial charge < -0.3 is 14.4 Å². The Hall–Kier alpha value is -1.90. The molecule has 2 aliphatic heterocycles. The summed E-state index contributed by atoms with van der Waals surface area (Å²) in [7, 11) is 0. The van der Waals surface area contributed by atoms with E-state index in [9.17, 15) is 4.79 Å². The van der Waals surface area contributed by atoms with Crippen LogP contribution in [0.2, 0.25) is 0 Å². The molecule has 0 radical (unpaired) electrons. The van der Waals surface area contributed by atoms with Crippen molar-refractivity contribution in [3.63, 3.8) is 0 Å². The van der Waals surface area contributed by atoms with Gasteiger partial charge in [-0.1, -0.05) is 6.07 Å². The normalized spacial score (nSPS) is 29.1. The van der Waals surface area contributed by atoms with Gasteiger partial charge in [0.25, 0.3) is 5.91 Å². The second kappa shape index (κ2) is 6.54. The van der Waals surface area contributed by atoms with E-state index in [-0.39, 0.29) is 24.1 Å². The Kier molecular flexibility index (Phi) is 4.26.